The zero-order chi connectivity index (χ0) is 11.4. The molecule has 0 spiro atoms. The Kier molecular flexibility index (Phi) is 4.13. The van der Waals surface area contributed by atoms with Gasteiger partial charge in [-0.3, -0.25) is 0 Å². The van der Waals surface area contributed by atoms with Crippen LogP contribution < -0.4 is 0 Å². The number of hydrogen-bond acceptors (Lipinski definition) is 3. The summed E-state index contributed by atoms with van der Waals surface area (Å²) >= 11 is 8.86. The molecule has 5 heteroatoms. The fraction of sp³-hybridized carbons (Fsp3) is 0.200. The molecule has 0 saturated carbocycles. The molecule has 0 bridgehead atoms. The molecule has 1 aromatic rings. The van der Waals surface area contributed by atoms with Crippen LogP contribution in [0.25, 0.3) is 0 Å². The monoisotopic (exact) mass is 287 g/mol. The number of nitriles is 1. The maximum atomic E-state index is 11.4. The number of hydrogen-bond donors (Lipinski definition) is 0. The van der Waals surface area contributed by atoms with Crippen LogP contribution in [0.1, 0.15) is 21.5 Å². The standard InChI is InChI=1S/C10H7BrClNO2/c1-15-10(14)9-7(5-13)6(4-12)2-3-8(9)11/h2-3H,4H2,1H3. The highest BCUT2D eigenvalue weighted by molar-refractivity contribution is 9.10. The van der Waals surface area contributed by atoms with E-state index in [4.69, 9.17) is 16.9 Å². The van der Waals surface area contributed by atoms with Crippen LogP contribution in [0, 0.1) is 11.3 Å². The molecule has 0 aliphatic heterocycles. The van der Waals surface area contributed by atoms with Crippen molar-refractivity contribution in [1.82, 2.24) is 0 Å². The number of carbonyl (C=O) groups is 1. The number of alkyl halides is 1. The lowest BCUT2D eigenvalue weighted by atomic mass is 10.0. The fourth-order valence-corrected chi connectivity index (χ4v) is 1.88. The quantitative estimate of drug-likeness (QED) is 0.621. The number of methoxy groups -OCH3 is 1. The van der Waals surface area contributed by atoms with Gasteiger partial charge in [-0.1, -0.05) is 6.07 Å². The van der Waals surface area contributed by atoms with E-state index in [1.54, 1.807) is 12.1 Å². The van der Waals surface area contributed by atoms with Crippen molar-refractivity contribution in [2.75, 3.05) is 7.11 Å². The lowest BCUT2D eigenvalue weighted by molar-refractivity contribution is 0.0599. The Morgan fingerprint density at radius 1 is 1.67 bits per heavy atom. The van der Waals surface area contributed by atoms with E-state index in [9.17, 15) is 4.79 Å². The number of carbonyl (C=O) groups excluding carboxylic acids is 1. The molecule has 15 heavy (non-hydrogen) atoms. The molecule has 78 valence electrons. The number of benzene rings is 1. The Balaban J connectivity index is 3.47. The Morgan fingerprint density at radius 3 is 2.80 bits per heavy atom. The number of rotatable bonds is 2. The molecule has 0 radical (unpaired) electrons. The number of esters is 1. The van der Waals surface area contributed by atoms with Crippen LogP contribution in [0.5, 0.6) is 0 Å². The Hall–Kier alpha value is -1.05. The maximum absolute atomic E-state index is 11.4. The average molecular weight is 289 g/mol. The molecule has 0 aliphatic rings. The van der Waals surface area contributed by atoms with Crippen molar-refractivity contribution in [1.29, 1.82) is 5.26 Å². The third kappa shape index (κ3) is 2.31. The van der Waals surface area contributed by atoms with Gasteiger partial charge in [0.25, 0.3) is 0 Å². The summed E-state index contributed by atoms with van der Waals surface area (Å²) in [7, 11) is 1.27. The molecular formula is C10H7BrClNO2. The number of halogens is 2. The Bertz CT molecular complexity index is 440. The maximum Gasteiger partial charge on any atom is 0.340 e. The minimum absolute atomic E-state index is 0.181. The van der Waals surface area contributed by atoms with Gasteiger partial charge in [-0.25, -0.2) is 4.79 Å². The fourth-order valence-electron chi connectivity index (χ4n) is 1.16. The van der Waals surface area contributed by atoms with E-state index < -0.39 is 5.97 Å². The third-order valence-corrected chi connectivity index (χ3v) is 2.83. The minimum Gasteiger partial charge on any atom is -0.465 e. The van der Waals surface area contributed by atoms with E-state index in [2.05, 4.69) is 20.7 Å². The molecule has 0 N–H and O–H groups in total. The van der Waals surface area contributed by atoms with Crippen LogP contribution >= 0.6 is 27.5 Å². The van der Waals surface area contributed by atoms with Crippen LogP contribution in [0.4, 0.5) is 0 Å². The molecule has 0 aliphatic carbocycles. The van der Waals surface area contributed by atoms with E-state index in [-0.39, 0.29) is 17.0 Å². The van der Waals surface area contributed by atoms with Crippen LogP contribution in [-0.2, 0) is 10.6 Å². The zero-order valence-electron chi connectivity index (χ0n) is 7.88. The molecule has 1 aromatic carbocycles. The topological polar surface area (TPSA) is 50.1 Å². The molecule has 0 fully saturated rings. The first kappa shape index (κ1) is 12.0. The number of ether oxygens (including phenoxy) is 1. The lowest BCUT2D eigenvalue weighted by Gasteiger charge is -2.07. The summed E-state index contributed by atoms with van der Waals surface area (Å²) < 4.78 is 5.12. The molecule has 0 heterocycles. The third-order valence-electron chi connectivity index (χ3n) is 1.89. The Morgan fingerprint density at radius 2 is 2.33 bits per heavy atom. The molecule has 1 rings (SSSR count). The van der Waals surface area contributed by atoms with E-state index in [0.29, 0.717) is 10.0 Å². The van der Waals surface area contributed by atoms with Crippen molar-refractivity contribution in [2.45, 2.75) is 5.88 Å². The van der Waals surface area contributed by atoms with Crippen molar-refractivity contribution in [2.24, 2.45) is 0 Å². The minimum atomic E-state index is -0.551. The second-order valence-corrected chi connectivity index (χ2v) is 3.82. The molecule has 0 unspecified atom stereocenters. The van der Waals surface area contributed by atoms with Gasteiger partial charge in [0.2, 0.25) is 0 Å². The summed E-state index contributed by atoms with van der Waals surface area (Å²) in [5.74, 6) is -0.370. The van der Waals surface area contributed by atoms with Gasteiger partial charge in [0.1, 0.15) is 6.07 Å². The normalized spacial score (nSPS) is 9.47. The van der Waals surface area contributed by atoms with Crippen LogP contribution in [0.2, 0.25) is 0 Å². The van der Waals surface area contributed by atoms with Crippen LogP contribution in [0.15, 0.2) is 16.6 Å². The van der Waals surface area contributed by atoms with Crippen molar-refractivity contribution in [3.05, 3.63) is 33.3 Å². The van der Waals surface area contributed by atoms with Crippen LogP contribution in [0.3, 0.4) is 0 Å². The average Bonchev–Trinajstić information content (AvgIpc) is 2.27. The Labute approximate surface area is 101 Å². The van der Waals surface area contributed by atoms with Crippen molar-refractivity contribution < 1.29 is 9.53 Å². The van der Waals surface area contributed by atoms with Gasteiger partial charge in [0.15, 0.2) is 0 Å². The van der Waals surface area contributed by atoms with Gasteiger partial charge in [0, 0.05) is 10.4 Å². The largest absolute Gasteiger partial charge is 0.465 e. The summed E-state index contributed by atoms with van der Waals surface area (Å²) in [5, 5.41) is 8.96. The first-order valence-corrected chi connectivity index (χ1v) is 5.34. The summed E-state index contributed by atoms with van der Waals surface area (Å²) in [6, 6.07) is 5.32. The van der Waals surface area contributed by atoms with Gasteiger partial charge in [-0.2, -0.15) is 5.26 Å². The van der Waals surface area contributed by atoms with E-state index in [1.807, 2.05) is 6.07 Å². The highest BCUT2D eigenvalue weighted by Crippen LogP contribution is 2.25. The van der Waals surface area contributed by atoms with Gasteiger partial charge >= 0.3 is 5.97 Å². The van der Waals surface area contributed by atoms with Gasteiger partial charge in [-0.15, -0.1) is 11.6 Å². The second kappa shape index (κ2) is 5.15. The van der Waals surface area contributed by atoms with E-state index in [0.717, 1.165) is 0 Å². The summed E-state index contributed by atoms with van der Waals surface area (Å²) in [5.41, 5.74) is 1.09. The SMILES string of the molecule is COC(=O)c1c(Br)ccc(CCl)c1C#N. The molecule has 0 amide bonds. The molecule has 0 saturated heterocycles. The predicted molar refractivity (Wildman–Crippen MR) is 59.8 cm³/mol. The lowest BCUT2D eigenvalue weighted by Crippen LogP contribution is -2.07. The molecule has 0 atom stereocenters. The summed E-state index contributed by atoms with van der Waals surface area (Å²) in [6.45, 7) is 0. The van der Waals surface area contributed by atoms with Crippen molar-refractivity contribution in [3.63, 3.8) is 0 Å². The highest BCUT2D eigenvalue weighted by atomic mass is 79.9. The predicted octanol–water partition coefficient (Wildman–Crippen LogP) is 2.85. The molecule has 3 nitrogen and oxygen atoms in total. The summed E-state index contributed by atoms with van der Waals surface area (Å²) in [4.78, 5) is 11.4. The smallest absolute Gasteiger partial charge is 0.340 e. The van der Waals surface area contributed by atoms with Crippen molar-refractivity contribution in [3.8, 4) is 6.07 Å². The first-order chi connectivity index (χ1) is 7.15. The second-order valence-electron chi connectivity index (χ2n) is 2.69. The summed E-state index contributed by atoms with van der Waals surface area (Å²) in [6.07, 6.45) is 0. The zero-order valence-corrected chi connectivity index (χ0v) is 10.2. The highest BCUT2D eigenvalue weighted by Gasteiger charge is 2.18. The molecular weight excluding hydrogens is 281 g/mol. The van der Waals surface area contributed by atoms with Gasteiger partial charge < -0.3 is 4.74 Å². The van der Waals surface area contributed by atoms with Gasteiger partial charge in [-0.05, 0) is 27.6 Å². The van der Waals surface area contributed by atoms with Gasteiger partial charge in [0.05, 0.1) is 18.2 Å². The first-order valence-electron chi connectivity index (χ1n) is 4.01. The molecule has 0 aromatic heterocycles. The van der Waals surface area contributed by atoms with E-state index in [1.165, 1.54) is 7.11 Å². The van der Waals surface area contributed by atoms with E-state index >= 15 is 0 Å². The van der Waals surface area contributed by atoms with Crippen molar-refractivity contribution >= 4 is 33.5 Å². The number of nitrogens with zero attached hydrogens (tertiary/aromatic N) is 1. The van der Waals surface area contributed by atoms with Crippen LogP contribution in [-0.4, -0.2) is 13.1 Å².